The Labute approximate surface area is 118 Å². The number of nitrogens with zero attached hydrogens (tertiary/aromatic N) is 1. The Kier molecular flexibility index (Phi) is 5.41. The van der Waals surface area contributed by atoms with Gasteiger partial charge in [-0.05, 0) is 50.4 Å². The van der Waals surface area contributed by atoms with E-state index in [1.807, 2.05) is 0 Å². The van der Waals surface area contributed by atoms with Crippen LogP contribution in [0.15, 0.2) is 30.3 Å². The number of hydrogen-bond donors (Lipinski definition) is 1. The van der Waals surface area contributed by atoms with Crippen molar-refractivity contribution < 1.29 is 0 Å². The molecule has 0 aromatic heterocycles. The standard InChI is InChI=1S/C17H28N2/c1-3-9-17(10-12-18-13-11-17)15-19(2)14-16-7-5-4-6-8-16/h4-8,18H,3,9-15H2,1-2H3. The fourth-order valence-corrected chi connectivity index (χ4v) is 3.50. The van der Waals surface area contributed by atoms with Crippen LogP contribution < -0.4 is 5.32 Å². The molecule has 1 heterocycles. The topological polar surface area (TPSA) is 15.3 Å². The molecule has 1 saturated heterocycles. The second kappa shape index (κ2) is 7.06. The molecule has 2 rings (SSSR count). The van der Waals surface area contributed by atoms with Crippen LogP contribution in [0.3, 0.4) is 0 Å². The third-order valence-electron chi connectivity index (χ3n) is 4.35. The molecule has 2 heteroatoms. The van der Waals surface area contributed by atoms with E-state index in [0.717, 1.165) is 6.54 Å². The normalized spacial score (nSPS) is 18.7. The van der Waals surface area contributed by atoms with Gasteiger partial charge in [-0.15, -0.1) is 0 Å². The van der Waals surface area contributed by atoms with Crippen LogP contribution in [0, 0.1) is 5.41 Å². The lowest BCUT2D eigenvalue weighted by Crippen LogP contribution is -2.43. The molecule has 0 bridgehead atoms. The zero-order valence-electron chi connectivity index (χ0n) is 12.5. The zero-order valence-corrected chi connectivity index (χ0v) is 12.5. The second-order valence-corrected chi connectivity index (χ2v) is 6.16. The second-order valence-electron chi connectivity index (χ2n) is 6.16. The first-order chi connectivity index (χ1) is 9.24. The highest BCUT2D eigenvalue weighted by Crippen LogP contribution is 2.34. The Balaban J connectivity index is 1.93. The predicted octanol–water partition coefficient (Wildman–Crippen LogP) is 3.29. The molecule has 19 heavy (non-hydrogen) atoms. The third kappa shape index (κ3) is 4.32. The average molecular weight is 260 g/mol. The maximum absolute atomic E-state index is 3.50. The molecule has 1 aromatic rings. The van der Waals surface area contributed by atoms with Crippen LogP contribution in [0.2, 0.25) is 0 Å². The molecule has 0 atom stereocenters. The van der Waals surface area contributed by atoms with Crippen LogP contribution >= 0.6 is 0 Å². The van der Waals surface area contributed by atoms with Gasteiger partial charge in [0.15, 0.2) is 0 Å². The molecule has 1 aromatic carbocycles. The monoisotopic (exact) mass is 260 g/mol. The van der Waals surface area contributed by atoms with Gasteiger partial charge < -0.3 is 10.2 Å². The molecular formula is C17H28N2. The molecule has 0 spiro atoms. The van der Waals surface area contributed by atoms with Gasteiger partial charge in [0.1, 0.15) is 0 Å². The molecule has 0 aliphatic carbocycles. The molecule has 1 aliphatic heterocycles. The van der Waals surface area contributed by atoms with Crippen molar-refractivity contribution in [1.82, 2.24) is 10.2 Å². The van der Waals surface area contributed by atoms with E-state index in [1.54, 1.807) is 0 Å². The van der Waals surface area contributed by atoms with E-state index in [-0.39, 0.29) is 0 Å². The van der Waals surface area contributed by atoms with E-state index in [4.69, 9.17) is 0 Å². The van der Waals surface area contributed by atoms with Crippen molar-refractivity contribution >= 4 is 0 Å². The van der Waals surface area contributed by atoms with Gasteiger partial charge in [-0.25, -0.2) is 0 Å². The van der Waals surface area contributed by atoms with Crippen LogP contribution in [-0.2, 0) is 6.54 Å². The largest absolute Gasteiger partial charge is 0.317 e. The Morgan fingerprint density at radius 1 is 1.16 bits per heavy atom. The minimum Gasteiger partial charge on any atom is -0.317 e. The Morgan fingerprint density at radius 3 is 2.47 bits per heavy atom. The molecular weight excluding hydrogens is 232 g/mol. The van der Waals surface area contributed by atoms with Crippen molar-refractivity contribution in [2.24, 2.45) is 5.41 Å². The summed E-state index contributed by atoms with van der Waals surface area (Å²) in [5.74, 6) is 0. The van der Waals surface area contributed by atoms with Crippen LogP contribution in [0.25, 0.3) is 0 Å². The van der Waals surface area contributed by atoms with E-state index in [9.17, 15) is 0 Å². The predicted molar refractivity (Wildman–Crippen MR) is 82.2 cm³/mol. The zero-order chi connectivity index (χ0) is 13.6. The number of nitrogens with one attached hydrogen (secondary N) is 1. The Morgan fingerprint density at radius 2 is 1.84 bits per heavy atom. The van der Waals surface area contributed by atoms with Gasteiger partial charge in [0.2, 0.25) is 0 Å². The number of rotatable bonds is 6. The van der Waals surface area contributed by atoms with E-state index < -0.39 is 0 Å². The fraction of sp³-hybridized carbons (Fsp3) is 0.647. The van der Waals surface area contributed by atoms with E-state index in [1.165, 1.54) is 50.9 Å². The van der Waals surface area contributed by atoms with Gasteiger partial charge in [0, 0.05) is 13.1 Å². The first-order valence-corrected chi connectivity index (χ1v) is 7.67. The average Bonchev–Trinajstić information content (AvgIpc) is 2.40. The summed E-state index contributed by atoms with van der Waals surface area (Å²) in [5, 5.41) is 3.50. The SMILES string of the molecule is CCCC1(CN(C)Cc2ccccc2)CCNCC1. The molecule has 0 saturated carbocycles. The molecule has 0 amide bonds. The van der Waals surface area contributed by atoms with Crippen LogP contribution in [-0.4, -0.2) is 31.6 Å². The highest BCUT2D eigenvalue weighted by Gasteiger charge is 2.32. The molecule has 1 aliphatic rings. The maximum atomic E-state index is 3.50. The summed E-state index contributed by atoms with van der Waals surface area (Å²) >= 11 is 0. The molecule has 106 valence electrons. The maximum Gasteiger partial charge on any atom is 0.0230 e. The molecule has 1 N–H and O–H groups in total. The first kappa shape index (κ1) is 14.5. The van der Waals surface area contributed by atoms with Crippen LogP contribution in [0.4, 0.5) is 0 Å². The lowest BCUT2D eigenvalue weighted by molar-refractivity contribution is 0.112. The molecule has 0 radical (unpaired) electrons. The quantitative estimate of drug-likeness (QED) is 0.844. The van der Waals surface area contributed by atoms with Crippen molar-refractivity contribution in [2.45, 2.75) is 39.2 Å². The minimum atomic E-state index is 0.545. The van der Waals surface area contributed by atoms with Crippen molar-refractivity contribution in [3.8, 4) is 0 Å². The number of benzene rings is 1. The van der Waals surface area contributed by atoms with Gasteiger partial charge in [0.25, 0.3) is 0 Å². The van der Waals surface area contributed by atoms with Gasteiger partial charge in [-0.3, -0.25) is 0 Å². The smallest absolute Gasteiger partial charge is 0.0230 e. The summed E-state index contributed by atoms with van der Waals surface area (Å²) in [6.07, 6.45) is 5.34. The molecule has 1 fully saturated rings. The number of piperidine rings is 1. The van der Waals surface area contributed by atoms with Gasteiger partial charge in [-0.2, -0.15) is 0 Å². The van der Waals surface area contributed by atoms with E-state index in [2.05, 4.69) is 54.5 Å². The van der Waals surface area contributed by atoms with E-state index >= 15 is 0 Å². The summed E-state index contributed by atoms with van der Waals surface area (Å²) in [5.41, 5.74) is 1.97. The third-order valence-corrected chi connectivity index (χ3v) is 4.35. The highest BCUT2D eigenvalue weighted by molar-refractivity contribution is 5.14. The summed E-state index contributed by atoms with van der Waals surface area (Å²) in [6.45, 7) is 7.01. The van der Waals surface area contributed by atoms with Crippen molar-refractivity contribution in [3.05, 3.63) is 35.9 Å². The van der Waals surface area contributed by atoms with Crippen molar-refractivity contribution in [3.63, 3.8) is 0 Å². The summed E-state index contributed by atoms with van der Waals surface area (Å²) in [6, 6.07) is 10.8. The number of hydrogen-bond acceptors (Lipinski definition) is 2. The highest BCUT2D eigenvalue weighted by atomic mass is 15.1. The lowest BCUT2D eigenvalue weighted by atomic mass is 9.75. The van der Waals surface area contributed by atoms with E-state index in [0.29, 0.717) is 5.41 Å². The summed E-state index contributed by atoms with van der Waals surface area (Å²) < 4.78 is 0. The van der Waals surface area contributed by atoms with Gasteiger partial charge in [-0.1, -0.05) is 43.7 Å². The summed E-state index contributed by atoms with van der Waals surface area (Å²) in [7, 11) is 2.27. The van der Waals surface area contributed by atoms with Crippen LogP contribution in [0.5, 0.6) is 0 Å². The Bertz CT molecular complexity index is 349. The van der Waals surface area contributed by atoms with Gasteiger partial charge in [0.05, 0.1) is 0 Å². The van der Waals surface area contributed by atoms with Crippen LogP contribution in [0.1, 0.15) is 38.2 Å². The lowest BCUT2D eigenvalue weighted by Gasteiger charge is -2.40. The van der Waals surface area contributed by atoms with Crippen molar-refractivity contribution in [2.75, 3.05) is 26.7 Å². The molecule has 0 unspecified atom stereocenters. The fourth-order valence-electron chi connectivity index (χ4n) is 3.50. The Hall–Kier alpha value is -0.860. The molecule has 2 nitrogen and oxygen atoms in total. The minimum absolute atomic E-state index is 0.545. The summed E-state index contributed by atoms with van der Waals surface area (Å²) in [4.78, 5) is 2.51. The van der Waals surface area contributed by atoms with Gasteiger partial charge >= 0.3 is 0 Å². The first-order valence-electron chi connectivity index (χ1n) is 7.67. The van der Waals surface area contributed by atoms with Crippen molar-refractivity contribution in [1.29, 1.82) is 0 Å².